The zero-order valence-electron chi connectivity index (χ0n) is 16.9. The lowest BCUT2D eigenvalue weighted by Gasteiger charge is -2.17. The van der Waals surface area contributed by atoms with Gasteiger partial charge in [-0.1, -0.05) is 0 Å². The van der Waals surface area contributed by atoms with Crippen molar-refractivity contribution in [3.05, 3.63) is 48.3 Å². The molecule has 0 aromatic heterocycles. The lowest BCUT2D eigenvalue weighted by atomic mass is 10.2. The third-order valence-electron chi connectivity index (χ3n) is 4.21. The molecule has 0 fully saturated rings. The van der Waals surface area contributed by atoms with Gasteiger partial charge in [-0.2, -0.15) is 0 Å². The molecule has 0 saturated heterocycles. The number of rotatable bonds is 9. The number of methoxy groups -OCH3 is 1. The summed E-state index contributed by atoms with van der Waals surface area (Å²) in [5, 5.41) is 4.94. The number of hydrogen-bond donors (Lipinski definition) is 2. The number of carbonyl (C=O) groups is 2. The molecule has 0 aliphatic rings. The lowest BCUT2D eigenvalue weighted by molar-refractivity contribution is -0.116. The van der Waals surface area contributed by atoms with Crippen LogP contribution < -0.4 is 15.4 Å². The number of halogens is 1. The van der Waals surface area contributed by atoms with E-state index in [-0.39, 0.29) is 35.9 Å². The highest BCUT2D eigenvalue weighted by molar-refractivity contribution is 7.89. The molecule has 8 nitrogen and oxygen atoms in total. The van der Waals surface area contributed by atoms with E-state index in [4.69, 9.17) is 4.74 Å². The van der Waals surface area contributed by atoms with Gasteiger partial charge in [-0.15, -0.1) is 0 Å². The quantitative estimate of drug-likeness (QED) is 0.628. The van der Waals surface area contributed by atoms with E-state index >= 15 is 0 Å². The van der Waals surface area contributed by atoms with Crippen molar-refractivity contribution < 1.29 is 27.1 Å². The van der Waals surface area contributed by atoms with Crippen LogP contribution in [0.1, 0.15) is 19.8 Å². The first-order valence-electron chi connectivity index (χ1n) is 9.11. The molecule has 2 aromatic carbocycles. The maximum Gasteiger partial charge on any atom is 0.242 e. The SMILES string of the molecule is COc1ccc(S(=O)(=O)N(C)CCCC(=O)Nc2cc(NC(C)=O)ccc2F)cc1. The zero-order valence-corrected chi connectivity index (χ0v) is 17.8. The molecular weight excluding hydrogens is 413 g/mol. The maximum absolute atomic E-state index is 13.9. The molecule has 0 unspecified atom stereocenters. The highest BCUT2D eigenvalue weighted by atomic mass is 32.2. The molecule has 0 aliphatic carbocycles. The Morgan fingerprint density at radius 2 is 1.77 bits per heavy atom. The smallest absolute Gasteiger partial charge is 0.242 e. The molecule has 0 bridgehead atoms. The number of hydrogen-bond acceptors (Lipinski definition) is 5. The summed E-state index contributed by atoms with van der Waals surface area (Å²) >= 11 is 0. The predicted molar refractivity (Wildman–Crippen MR) is 111 cm³/mol. The van der Waals surface area contributed by atoms with Crippen LogP contribution in [-0.4, -0.2) is 45.2 Å². The van der Waals surface area contributed by atoms with Crippen molar-refractivity contribution in [2.24, 2.45) is 0 Å². The van der Waals surface area contributed by atoms with Crippen LogP contribution in [0.5, 0.6) is 5.75 Å². The summed E-state index contributed by atoms with van der Waals surface area (Å²) in [7, 11) is -0.785. The van der Waals surface area contributed by atoms with Crippen molar-refractivity contribution in [1.82, 2.24) is 4.31 Å². The second-order valence-electron chi connectivity index (χ2n) is 6.53. The monoisotopic (exact) mass is 437 g/mol. The first-order valence-corrected chi connectivity index (χ1v) is 10.5. The molecule has 2 N–H and O–H groups in total. The Balaban J connectivity index is 1.91. The molecular formula is C20H24FN3O5S. The Labute approximate surface area is 175 Å². The van der Waals surface area contributed by atoms with E-state index in [1.54, 1.807) is 12.1 Å². The van der Waals surface area contributed by atoms with Crippen molar-refractivity contribution in [3.8, 4) is 5.75 Å². The van der Waals surface area contributed by atoms with Crippen LogP contribution >= 0.6 is 0 Å². The van der Waals surface area contributed by atoms with Gasteiger partial charge >= 0.3 is 0 Å². The van der Waals surface area contributed by atoms with E-state index in [2.05, 4.69) is 10.6 Å². The second kappa shape index (κ2) is 10.2. The summed E-state index contributed by atoms with van der Waals surface area (Å²) in [6.45, 7) is 1.42. The minimum atomic E-state index is -3.70. The summed E-state index contributed by atoms with van der Waals surface area (Å²) in [6.07, 6.45) is 0.233. The number of carbonyl (C=O) groups excluding carboxylic acids is 2. The van der Waals surface area contributed by atoms with Gasteiger partial charge in [0, 0.05) is 32.6 Å². The summed E-state index contributed by atoms with van der Waals surface area (Å²) in [6, 6.07) is 9.83. The van der Waals surface area contributed by atoms with Crippen LogP contribution in [-0.2, 0) is 19.6 Å². The fourth-order valence-electron chi connectivity index (χ4n) is 2.62. The number of ether oxygens (including phenoxy) is 1. The first kappa shape index (κ1) is 23.3. The van der Waals surface area contributed by atoms with Gasteiger partial charge in [0.1, 0.15) is 11.6 Å². The van der Waals surface area contributed by atoms with Crippen LogP contribution in [0, 0.1) is 5.82 Å². The Kier molecular flexibility index (Phi) is 7.90. The van der Waals surface area contributed by atoms with Crippen LogP contribution in [0.3, 0.4) is 0 Å². The number of anilines is 2. The third kappa shape index (κ3) is 6.26. The first-order chi connectivity index (χ1) is 14.1. The molecule has 30 heavy (non-hydrogen) atoms. The molecule has 0 radical (unpaired) electrons. The van der Waals surface area contributed by atoms with Crippen LogP contribution in [0.15, 0.2) is 47.4 Å². The average Bonchev–Trinajstić information content (AvgIpc) is 2.70. The van der Waals surface area contributed by atoms with E-state index in [0.29, 0.717) is 11.4 Å². The van der Waals surface area contributed by atoms with Crippen LogP contribution in [0.25, 0.3) is 0 Å². The van der Waals surface area contributed by atoms with E-state index < -0.39 is 21.7 Å². The fraction of sp³-hybridized carbons (Fsp3) is 0.300. The van der Waals surface area contributed by atoms with Gasteiger partial charge in [0.15, 0.2) is 0 Å². The zero-order chi connectivity index (χ0) is 22.3. The summed E-state index contributed by atoms with van der Waals surface area (Å²) in [5.41, 5.74) is 0.287. The van der Waals surface area contributed by atoms with Gasteiger partial charge in [-0.05, 0) is 48.9 Å². The molecule has 2 rings (SSSR count). The molecule has 10 heteroatoms. The maximum atomic E-state index is 13.9. The minimum Gasteiger partial charge on any atom is -0.497 e. The van der Waals surface area contributed by atoms with Crippen molar-refractivity contribution in [2.75, 3.05) is 31.3 Å². The molecule has 0 atom stereocenters. The molecule has 0 saturated carbocycles. The Morgan fingerprint density at radius 1 is 1.10 bits per heavy atom. The predicted octanol–water partition coefficient (Wildman–Crippen LogP) is 2.83. The topological polar surface area (TPSA) is 105 Å². The van der Waals surface area contributed by atoms with Gasteiger partial charge in [-0.3, -0.25) is 9.59 Å². The molecule has 2 aromatic rings. The molecule has 0 aliphatic heterocycles. The third-order valence-corrected chi connectivity index (χ3v) is 6.08. The Morgan fingerprint density at radius 3 is 2.37 bits per heavy atom. The highest BCUT2D eigenvalue weighted by Gasteiger charge is 2.20. The van der Waals surface area contributed by atoms with Gasteiger partial charge in [-0.25, -0.2) is 17.1 Å². The molecule has 162 valence electrons. The number of benzene rings is 2. The largest absolute Gasteiger partial charge is 0.497 e. The van der Waals surface area contributed by atoms with Crippen molar-refractivity contribution >= 4 is 33.2 Å². The number of sulfonamides is 1. The summed E-state index contributed by atoms with van der Waals surface area (Å²) in [5.74, 6) is -0.885. The van der Waals surface area contributed by atoms with Crippen LogP contribution in [0.2, 0.25) is 0 Å². The van der Waals surface area contributed by atoms with Gasteiger partial charge in [0.25, 0.3) is 0 Å². The number of nitrogens with one attached hydrogen (secondary N) is 2. The van der Waals surface area contributed by atoms with Gasteiger partial charge in [0.05, 0.1) is 17.7 Å². The summed E-state index contributed by atoms with van der Waals surface area (Å²) < 4.78 is 45.2. The van der Waals surface area contributed by atoms with E-state index in [1.807, 2.05) is 0 Å². The molecule has 0 heterocycles. The average molecular weight is 437 g/mol. The van der Waals surface area contributed by atoms with Gasteiger partial charge in [0.2, 0.25) is 21.8 Å². The van der Waals surface area contributed by atoms with E-state index in [0.717, 1.165) is 10.4 Å². The fourth-order valence-corrected chi connectivity index (χ4v) is 3.83. The van der Waals surface area contributed by atoms with Crippen molar-refractivity contribution in [3.63, 3.8) is 0 Å². The lowest BCUT2D eigenvalue weighted by Crippen LogP contribution is -2.28. The number of amides is 2. The van der Waals surface area contributed by atoms with Gasteiger partial charge < -0.3 is 15.4 Å². The van der Waals surface area contributed by atoms with Crippen molar-refractivity contribution in [2.45, 2.75) is 24.7 Å². The minimum absolute atomic E-state index is 0.00766. The Bertz CT molecular complexity index is 1010. The standard InChI is InChI=1S/C20H24FN3O5S/c1-14(25)22-15-6-11-18(21)19(13-15)23-20(26)5-4-12-24(2)30(27,28)17-9-7-16(29-3)8-10-17/h6-11,13H,4-5,12H2,1-3H3,(H,22,25)(H,23,26). The Hall–Kier alpha value is -2.98. The van der Waals surface area contributed by atoms with Crippen molar-refractivity contribution in [1.29, 1.82) is 0 Å². The summed E-state index contributed by atoms with van der Waals surface area (Å²) in [4.78, 5) is 23.3. The van der Waals surface area contributed by atoms with E-state index in [9.17, 15) is 22.4 Å². The molecule has 0 spiro atoms. The molecule has 2 amide bonds. The van der Waals surface area contributed by atoms with Crippen LogP contribution in [0.4, 0.5) is 15.8 Å². The highest BCUT2D eigenvalue weighted by Crippen LogP contribution is 2.21. The second-order valence-corrected chi connectivity index (χ2v) is 8.57. The van der Waals surface area contributed by atoms with E-state index in [1.165, 1.54) is 45.3 Å². The normalized spacial score (nSPS) is 11.2. The number of nitrogens with zero attached hydrogens (tertiary/aromatic N) is 1.